The smallest absolute Gasteiger partial charge is 0.141 e. The predicted octanol–water partition coefficient (Wildman–Crippen LogP) is 3.82. The van der Waals surface area contributed by atoms with Crippen LogP contribution in [0.2, 0.25) is 0 Å². The van der Waals surface area contributed by atoms with Crippen LogP contribution in [0.3, 0.4) is 0 Å². The van der Waals surface area contributed by atoms with Gasteiger partial charge in [0.25, 0.3) is 0 Å². The zero-order chi connectivity index (χ0) is 14.0. The number of aliphatic hydroxyl groups is 1. The van der Waals surface area contributed by atoms with Gasteiger partial charge in [-0.25, -0.2) is 8.78 Å². The van der Waals surface area contributed by atoms with Gasteiger partial charge in [-0.15, -0.1) is 0 Å². The second kappa shape index (κ2) is 5.67. The molecule has 0 saturated carbocycles. The van der Waals surface area contributed by atoms with Crippen molar-refractivity contribution in [3.05, 3.63) is 63.6 Å². The predicted molar refractivity (Wildman–Crippen MR) is 71.1 cm³/mol. The molecule has 0 aliphatic carbocycles. The van der Waals surface area contributed by atoms with Gasteiger partial charge in [-0.1, -0.05) is 12.1 Å². The number of methoxy groups -OCH3 is 1. The molecule has 0 amide bonds. The molecule has 0 spiro atoms. The van der Waals surface area contributed by atoms with E-state index in [0.29, 0.717) is 11.1 Å². The third kappa shape index (κ3) is 2.93. The Morgan fingerprint density at radius 3 is 2.37 bits per heavy atom. The van der Waals surface area contributed by atoms with Crippen LogP contribution in [0, 0.1) is 11.6 Å². The molecule has 2 nitrogen and oxygen atoms in total. The standard InChI is InChI=1S/C14H11BrF2O2/c1-19-13-7-12(17)11(15)6-10(13)14(18)8-2-4-9(16)5-3-8/h2-7,14,18H,1H3. The quantitative estimate of drug-likeness (QED) is 0.928. The monoisotopic (exact) mass is 328 g/mol. The minimum atomic E-state index is -1.02. The fraction of sp³-hybridized carbons (Fsp3) is 0.143. The highest BCUT2D eigenvalue weighted by atomic mass is 79.9. The van der Waals surface area contributed by atoms with Gasteiger partial charge in [0, 0.05) is 11.6 Å². The van der Waals surface area contributed by atoms with Crippen molar-refractivity contribution in [3.8, 4) is 5.75 Å². The van der Waals surface area contributed by atoms with Crippen LogP contribution < -0.4 is 4.74 Å². The zero-order valence-corrected chi connectivity index (χ0v) is 11.6. The van der Waals surface area contributed by atoms with Crippen LogP contribution >= 0.6 is 15.9 Å². The zero-order valence-electron chi connectivity index (χ0n) is 10.0. The van der Waals surface area contributed by atoms with E-state index < -0.39 is 11.9 Å². The van der Waals surface area contributed by atoms with Gasteiger partial charge in [0.1, 0.15) is 23.5 Å². The molecule has 2 rings (SSSR count). The molecule has 1 N–H and O–H groups in total. The van der Waals surface area contributed by atoms with Crippen molar-refractivity contribution in [2.75, 3.05) is 7.11 Å². The first-order valence-corrected chi connectivity index (χ1v) is 6.28. The van der Waals surface area contributed by atoms with Crippen molar-refractivity contribution in [1.82, 2.24) is 0 Å². The Morgan fingerprint density at radius 2 is 1.79 bits per heavy atom. The highest BCUT2D eigenvalue weighted by Crippen LogP contribution is 2.33. The Morgan fingerprint density at radius 1 is 1.16 bits per heavy atom. The maximum atomic E-state index is 13.4. The van der Waals surface area contributed by atoms with E-state index in [1.54, 1.807) is 0 Å². The van der Waals surface area contributed by atoms with Crippen LogP contribution in [0.4, 0.5) is 8.78 Å². The topological polar surface area (TPSA) is 29.5 Å². The Kier molecular flexibility index (Phi) is 4.17. The molecule has 5 heteroatoms. The highest BCUT2D eigenvalue weighted by molar-refractivity contribution is 9.10. The first kappa shape index (κ1) is 14.0. The van der Waals surface area contributed by atoms with Gasteiger partial charge in [0.05, 0.1) is 11.6 Å². The SMILES string of the molecule is COc1cc(F)c(Br)cc1C(O)c1ccc(F)cc1. The molecule has 0 aliphatic rings. The minimum absolute atomic E-state index is 0.226. The van der Waals surface area contributed by atoms with Crippen LogP contribution in [-0.2, 0) is 0 Å². The maximum Gasteiger partial charge on any atom is 0.141 e. The number of rotatable bonds is 3. The minimum Gasteiger partial charge on any atom is -0.496 e. The van der Waals surface area contributed by atoms with Crippen molar-refractivity contribution >= 4 is 15.9 Å². The fourth-order valence-electron chi connectivity index (χ4n) is 1.76. The van der Waals surface area contributed by atoms with Crippen molar-refractivity contribution in [3.63, 3.8) is 0 Å². The summed E-state index contributed by atoms with van der Waals surface area (Å²) in [6, 6.07) is 8.08. The summed E-state index contributed by atoms with van der Waals surface area (Å²) < 4.78 is 31.5. The summed E-state index contributed by atoms with van der Waals surface area (Å²) in [7, 11) is 1.39. The number of hydrogen-bond donors (Lipinski definition) is 1. The van der Waals surface area contributed by atoms with E-state index in [1.165, 1.54) is 43.5 Å². The molecule has 0 aromatic heterocycles. The lowest BCUT2D eigenvalue weighted by molar-refractivity contribution is 0.214. The van der Waals surface area contributed by atoms with Crippen LogP contribution in [-0.4, -0.2) is 12.2 Å². The van der Waals surface area contributed by atoms with Crippen molar-refractivity contribution < 1.29 is 18.6 Å². The first-order chi connectivity index (χ1) is 9.02. The molecule has 0 heterocycles. The molecule has 0 fully saturated rings. The summed E-state index contributed by atoms with van der Waals surface area (Å²) in [5, 5.41) is 10.3. The van der Waals surface area contributed by atoms with Gasteiger partial charge in [-0.2, -0.15) is 0 Å². The lowest BCUT2D eigenvalue weighted by Gasteiger charge is -2.16. The van der Waals surface area contributed by atoms with E-state index in [-0.39, 0.29) is 16.0 Å². The molecule has 0 saturated heterocycles. The van der Waals surface area contributed by atoms with Gasteiger partial charge < -0.3 is 9.84 Å². The molecule has 0 bridgehead atoms. The molecule has 0 aliphatic heterocycles. The van der Waals surface area contributed by atoms with Gasteiger partial charge in [-0.3, -0.25) is 0 Å². The average molecular weight is 329 g/mol. The van der Waals surface area contributed by atoms with Gasteiger partial charge in [0.2, 0.25) is 0 Å². The van der Waals surface area contributed by atoms with Gasteiger partial charge in [-0.05, 0) is 39.7 Å². The molecular weight excluding hydrogens is 318 g/mol. The summed E-state index contributed by atoms with van der Waals surface area (Å²) in [6.07, 6.45) is -1.02. The van der Waals surface area contributed by atoms with Crippen LogP contribution in [0.25, 0.3) is 0 Å². The molecule has 2 aromatic carbocycles. The molecule has 1 atom stereocenters. The van der Waals surface area contributed by atoms with E-state index >= 15 is 0 Å². The number of hydrogen-bond acceptors (Lipinski definition) is 2. The largest absolute Gasteiger partial charge is 0.496 e. The second-order valence-electron chi connectivity index (χ2n) is 3.96. The van der Waals surface area contributed by atoms with Gasteiger partial charge >= 0.3 is 0 Å². The Bertz CT molecular complexity index is 585. The normalized spacial score (nSPS) is 12.3. The molecule has 1 unspecified atom stereocenters. The van der Waals surface area contributed by atoms with E-state index in [1.807, 2.05) is 0 Å². The van der Waals surface area contributed by atoms with Crippen molar-refractivity contribution in [2.45, 2.75) is 6.10 Å². The van der Waals surface area contributed by atoms with Crippen molar-refractivity contribution in [1.29, 1.82) is 0 Å². The Labute approximate surface area is 117 Å². The summed E-state index contributed by atoms with van der Waals surface area (Å²) >= 11 is 3.06. The van der Waals surface area contributed by atoms with Gasteiger partial charge in [0.15, 0.2) is 0 Å². The molecule has 0 radical (unpaired) electrons. The number of halogens is 3. The molecule has 19 heavy (non-hydrogen) atoms. The number of benzene rings is 2. The molecular formula is C14H11BrF2O2. The average Bonchev–Trinajstić information content (AvgIpc) is 2.41. The lowest BCUT2D eigenvalue weighted by Crippen LogP contribution is -2.03. The summed E-state index contributed by atoms with van der Waals surface area (Å²) in [5.41, 5.74) is 0.903. The summed E-state index contributed by atoms with van der Waals surface area (Å²) in [4.78, 5) is 0. The Hall–Kier alpha value is -1.46. The van der Waals surface area contributed by atoms with Crippen LogP contribution in [0.1, 0.15) is 17.2 Å². The summed E-state index contributed by atoms with van der Waals surface area (Å²) in [6.45, 7) is 0. The first-order valence-electron chi connectivity index (χ1n) is 5.49. The van der Waals surface area contributed by atoms with E-state index in [2.05, 4.69) is 15.9 Å². The second-order valence-corrected chi connectivity index (χ2v) is 4.82. The van der Waals surface area contributed by atoms with E-state index in [4.69, 9.17) is 4.74 Å². The maximum absolute atomic E-state index is 13.4. The van der Waals surface area contributed by atoms with E-state index in [0.717, 1.165) is 0 Å². The Balaban J connectivity index is 2.45. The molecule has 100 valence electrons. The van der Waals surface area contributed by atoms with Crippen LogP contribution in [0.15, 0.2) is 40.9 Å². The highest BCUT2D eigenvalue weighted by Gasteiger charge is 2.18. The number of aliphatic hydroxyl groups excluding tert-OH is 1. The van der Waals surface area contributed by atoms with E-state index in [9.17, 15) is 13.9 Å². The summed E-state index contributed by atoms with van der Waals surface area (Å²) in [5.74, 6) is -0.632. The lowest BCUT2D eigenvalue weighted by atomic mass is 10.0. The third-order valence-electron chi connectivity index (χ3n) is 2.75. The fourth-order valence-corrected chi connectivity index (χ4v) is 2.12. The van der Waals surface area contributed by atoms with Crippen molar-refractivity contribution in [2.24, 2.45) is 0 Å². The third-order valence-corrected chi connectivity index (χ3v) is 3.36. The van der Waals surface area contributed by atoms with Crippen LogP contribution in [0.5, 0.6) is 5.75 Å². The molecule has 2 aromatic rings. The number of ether oxygens (including phenoxy) is 1.